The number of amides is 4. The van der Waals surface area contributed by atoms with E-state index in [-0.39, 0.29) is 49.7 Å². The third kappa shape index (κ3) is 45.3. The predicted octanol–water partition coefficient (Wildman–Crippen LogP) is 2.79. The minimum absolute atomic E-state index is 0.156. The Balaban J connectivity index is 1.36. The van der Waals surface area contributed by atoms with Gasteiger partial charge in [0.15, 0.2) is 11.7 Å². The Bertz CT molecular complexity index is 2020. The molecule has 0 fully saturated rings. The molecule has 0 unspecified atom stereocenters. The number of ether oxygens (including phenoxy) is 14. The highest BCUT2D eigenvalue weighted by molar-refractivity contribution is 5.97. The lowest BCUT2D eigenvalue weighted by molar-refractivity contribution is -0.131. The molecule has 2 aromatic rings. The fourth-order valence-corrected chi connectivity index (χ4v) is 7.32. The van der Waals surface area contributed by atoms with Crippen molar-refractivity contribution in [1.82, 2.24) is 36.4 Å². The molecular weight excluding hydrogens is 1130 g/mol. The molecule has 0 aliphatic heterocycles. The molecular formula is C58H103N9O19. The number of urea groups is 1. The van der Waals surface area contributed by atoms with Crippen LogP contribution in [-0.4, -0.2) is 235 Å². The third-order valence-electron chi connectivity index (χ3n) is 12.0. The van der Waals surface area contributed by atoms with Crippen molar-refractivity contribution in [1.29, 1.82) is 0 Å². The quantitative estimate of drug-likeness (QED) is 0.0284. The SMILES string of the molecule is C=C(NCc1cn(CCOCCOCCOCCOCCOCCOCCOCCOCCOCCOCCOCCOCCOCCC(C)(C)C)nn1)OCc1ccc(NC(=O)[C@H](CCCNC(N)=O)CC(=O)[C@@H](NC(=O)CNO)C(C)C)cc1. The van der Waals surface area contributed by atoms with Crippen molar-refractivity contribution in [3.05, 3.63) is 54.2 Å². The van der Waals surface area contributed by atoms with E-state index in [9.17, 15) is 19.2 Å². The monoisotopic (exact) mass is 1230 g/mol. The molecule has 2 rings (SSSR count). The van der Waals surface area contributed by atoms with Gasteiger partial charge in [-0.1, -0.05) is 52.0 Å². The van der Waals surface area contributed by atoms with Gasteiger partial charge >= 0.3 is 6.03 Å². The fraction of sp³-hybridized carbons (Fsp3) is 0.759. The molecule has 0 radical (unpaired) electrons. The molecule has 86 heavy (non-hydrogen) atoms. The number of carbonyl (C=O) groups excluding carboxylic acids is 4. The normalized spacial score (nSPS) is 12.3. The second-order valence-electron chi connectivity index (χ2n) is 20.9. The average molecular weight is 1230 g/mol. The molecule has 0 bridgehead atoms. The van der Waals surface area contributed by atoms with Crippen LogP contribution in [-0.2, 0) is 100 Å². The highest BCUT2D eigenvalue weighted by Gasteiger charge is 2.29. The van der Waals surface area contributed by atoms with Crippen molar-refractivity contribution in [2.45, 2.75) is 86.0 Å². The van der Waals surface area contributed by atoms with Crippen LogP contribution in [0.5, 0.6) is 0 Å². The Morgan fingerprint density at radius 3 is 1.47 bits per heavy atom. The third-order valence-corrected chi connectivity index (χ3v) is 12.0. The molecule has 2 atom stereocenters. The van der Waals surface area contributed by atoms with Gasteiger partial charge in [-0.3, -0.25) is 14.4 Å². The summed E-state index contributed by atoms with van der Waals surface area (Å²) in [5, 5.41) is 28.2. The summed E-state index contributed by atoms with van der Waals surface area (Å²) in [6.45, 7) is 27.8. The Hall–Kier alpha value is -5.02. The van der Waals surface area contributed by atoms with Gasteiger partial charge in [0.2, 0.25) is 11.8 Å². The van der Waals surface area contributed by atoms with E-state index in [0.29, 0.717) is 202 Å². The minimum Gasteiger partial charge on any atom is -0.475 e. The molecule has 0 saturated heterocycles. The van der Waals surface area contributed by atoms with E-state index in [0.717, 1.165) is 18.6 Å². The first-order chi connectivity index (χ1) is 41.7. The van der Waals surface area contributed by atoms with Crippen molar-refractivity contribution < 1.29 is 90.7 Å². The maximum atomic E-state index is 13.4. The van der Waals surface area contributed by atoms with Crippen molar-refractivity contribution in [2.24, 2.45) is 23.0 Å². The maximum Gasteiger partial charge on any atom is 0.312 e. The van der Waals surface area contributed by atoms with E-state index in [1.807, 2.05) is 0 Å². The van der Waals surface area contributed by atoms with Crippen LogP contribution in [0, 0.1) is 17.3 Å². The molecule has 0 aliphatic carbocycles. The highest BCUT2D eigenvalue weighted by Crippen LogP contribution is 2.20. The Morgan fingerprint density at radius 1 is 0.628 bits per heavy atom. The molecule has 28 heteroatoms. The molecule has 0 aliphatic rings. The zero-order chi connectivity index (χ0) is 62.6. The number of hydrogen-bond donors (Lipinski definition) is 7. The first kappa shape index (κ1) is 77.1. The number of hydrogen-bond acceptors (Lipinski definition) is 23. The van der Waals surface area contributed by atoms with E-state index in [4.69, 9.17) is 77.3 Å². The standard InChI is InChI=1S/C58H103N9O19/c1-47(2)55(64-54(69)44-62-72)53(68)42-50(8-7-14-60-57(59)71)56(70)63-51-11-9-49(10-12-51)46-86-48(3)61-43-52-45-67(66-65-52)15-17-74-19-21-76-23-25-78-27-29-80-31-33-82-35-37-84-39-41-85-40-38-83-36-34-81-32-30-79-28-26-77-24-22-75-20-18-73-16-13-58(4,5)6/h9-12,45,47,50,55,61-62,72H,3,7-8,13-44,46H2,1-2,4-6H3,(H,63,70)(H,64,69)(H3,59,60,71)/t50-,55+/m1/s1. The maximum absolute atomic E-state index is 13.4. The average Bonchev–Trinajstić information content (AvgIpc) is 3.94. The first-order valence-electron chi connectivity index (χ1n) is 29.7. The van der Waals surface area contributed by atoms with Crippen LogP contribution in [0.3, 0.4) is 0 Å². The largest absolute Gasteiger partial charge is 0.475 e. The number of nitrogens with one attached hydrogen (secondary N) is 5. The van der Waals surface area contributed by atoms with Gasteiger partial charge in [0.05, 0.1) is 197 Å². The van der Waals surface area contributed by atoms with Crippen LogP contribution >= 0.6 is 0 Å². The predicted molar refractivity (Wildman–Crippen MR) is 317 cm³/mol. The van der Waals surface area contributed by atoms with Crippen LogP contribution in [0.2, 0.25) is 0 Å². The number of primary amides is 1. The number of aromatic nitrogens is 3. The van der Waals surface area contributed by atoms with Gasteiger partial charge in [-0.2, -0.15) is 5.48 Å². The lowest BCUT2D eigenvalue weighted by Crippen LogP contribution is -2.48. The fourth-order valence-electron chi connectivity index (χ4n) is 7.32. The molecule has 28 nitrogen and oxygen atoms in total. The zero-order valence-corrected chi connectivity index (χ0v) is 51.8. The number of anilines is 1. The summed E-state index contributed by atoms with van der Waals surface area (Å²) in [6, 6.07) is 5.45. The molecule has 0 saturated carbocycles. The van der Waals surface area contributed by atoms with Crippen LogP contribution in [0.25, 0.3) is 0 Å². The number of rotatable bonds is 60. The molecule has 1 aromatic heterocycles. The van der Waals surface area contributed by atoms with Gasteiger partial charge in [-0.05, 0) is 54.9 Å². The van der Waals surface area contributed by atoms with Gasteiger partial charge in [0.1, 0.15) is 12.3 Å². The molecule has 1 aromatic carbocycles. The minimum atomic E-state index is -0.866. The van der Waals surface area contributed by atoms with Crippen molar-refractivity contribution in [3.8, 4) is 0 Å². The number of hydroxylamine groups is 1. The topological polar surface area (TPSA) is 335 Å². The molecule has 8 N–H and O–H groups in total. The van der Waals surface area contributed by atoms with Gasteiger partial charge in [0, 0.05) is 31.2 Å². The van der Waals surface area contributed by atoms with E-state index < -0.39 is 29.8 Å². The van der Waals surface area contributed by atoms with Gasteiger partial charge in [-0.15, -0.1) is 5.10 Å². The van der Waals surface area contributed by atoms with Crippen LogP contribution in [0.4, 0.5) is 10.5 Å². The summed E-state index contributed by atoms with van der Waals surface area (Å²) in [5.74, 6) is -2.00. The van der Waals surface area contributed by atoms with Crippen LogP contribution < -0.4 is 32.5 Å². The first-order valence-corrected chi connectivity index (χ1v) is 29.7. The Labute approximate surface area is 508 Å². The second-order valence-corrected chi connectivity index (χ2v) is 20.9. The van der Waals surface area contributed by atoms with E-state index >= 15 is 0 Å². The number of nitrogens with two attached hydrogens (primary N) is 1. The lowest BCUT2D eigenvalue weighted by Gasteiger charge is -2.24. The summed E-state index contributed by atoms with van der Waals surface area (Å²) in [5.41, 5.74) is 9.22. The number of carbonyl (C=O) groups is 4. The molecule has 494 valence electrons. The number of ketones is 1. The van der Waals surface area contributed by atoms with Crippen LogP contribution in [0.15, 0.2) is 42.9 Å². The number of Topliss-reactive ketones (excluding diaryl/α,β-unsaturated/α-hetero) is 1. The summed E-state index contributed by atoms with van der Waals surface area (Å²) in [6.07, 6.45) is 3.34. The van der Waals surface area contributed by atoms with Crippen molar-refractivity contribution >= 4 is 29.3 Å². The second kappa shape index (κ2) is 52.0. The smallest absolute Gasteiger partial charge is 0.312 e. The molecule has 1 heterocycles. The zero-order valence-electron chi connectivity index (χ0n) is 51.8. The van der Waals surface area contributed by atoms with E-state index in [2.05, 4.69) is 58.9 Å². The summed E-state index contributed by atoms with van der Waals surface area (Å²) in [4.78, 5) is 50.0. The molecule has 0 spiro atoms. The summed E-state index contributed by atoms with van der Waals surface area (Å²) in [7, 11) is 0. The van der Waals surface area contributed by atoms with Crippen LogP contribution in [0.1, 0.15) is 71.6 Å². The summed E-state index contributed by atoms with van der Waals surface area (Å²) < 4.78 is 79.5. The van der Waals surface area contributed by atoms with E-state index in [1.165, 1.54) is 0 Å². The lowest BCUT2D eigenvalue weighted by atomic mass is 9.89. The van der Waals surface area contributed by atoms with Gasteiger partial charge < -0.3 is 98.5 Å². The van der Waals surface area contributed by atoms with Crippen molar-refractivity contribution in [2.75, 3.05) is 190 Å². The van der Waals surface area contributed by atoms with Gasteiger partial charge in [-0.25, -0.2) is 9.48 Å². The van der Waals surface area contributed by atoms with Crippen molar-refractivity contribution in [3.63, 3.8) is 0 Å². The number of benzene rings is 1. The van der Waals surface area contributed by atoms with Gasteiger partial charge in [0.25, 0.3) is 0 Å². The summed E-state index contributed by atoms with van der Waals surface area (Å²) >= 11 is 0. The van der Waals surface area contributed by atoms with E-state index in [1.54, 1.807) is 54.5 Å². The Morgan fingerprint density at radius 2 is 1.06 bits per heavy atom. The number of nitrogens with zero attached hydrogens (tertiary/aromatic N) is 3. The Kier molecular flexibility index (Phi) is 46.6. The molecule has 4 amide bonds. The highest BCUT2D eigenvalue weighted by atomic mass is 16.6.